The number of hydrogen-bond acceptors (Lipinski definition) is 0. The van der Waals surface area contributed by atoms with E-state index in [-0.39, 0.29) is 0 Å². The lowest BCUT2D eigenvalue weighted by atomic mass is 9.81. The standard InChI is InChI=1S/C18H30/c1-15(2)17-14-13-16-11-9-7-5-3-4-6-8-10-12-18(16)17/h7,9,11,15,17-18H,3-6,8,10,12-14H2,1-2H3/b9-7-,16-11-. The molecule has 0 aromatic heterocycles. The second kappa shape index (κ2) is 7.16. The van der Waals surface area contributed by atoms with E-state index in [9.17, 15) is 0 Å². The molecule has 0 aromatic carbocycles. The minimum Gasteiger partial charge on any atom is -0.0845 e. The van der Waals surface area contributed by atoms with Gasteiger partial charge in [-0.25, -0.2) is 0 Å². The van der Waals surface area contributed by atoms with Crippen molar-refractivity contribution in [2.75, 3.05) is 0 Å². The minimum absolute atomic E-state index is 0.859. The zero-order valence-corrected chi connectivity index (χ0v) is 12.3. The van der Waals surface area contributed by atoms with Crippen LogP contribution in [0, 0.1) is 17.8 Å². The van der Waals surface area contributed by atoms with Gasteiger partial charge in [-0.3, -0.25) is 0 Å². The Kier molecular flexibility index (Phi) is 5.53. The van der Waals surface area contributed by atoms with E-state index in [2.05, 4.69) is 32.1 Å². The van der Waals surface area contributed by atoms with Gasteiger partial charge in [0.1, 0.15) is 0 Å². The smallest absolute Gasteiger partial charge is 0.0169 e. The van der Waals surface area contributed by atoms with Gasteiger partial charge in [-0.1, -0.05) is 63.3 Å². The van der Waals surface area contributed by atoms with Crippen molar-refractivity contribution < 1.29 is 0 Å². The van der Waals surface area contributed by atoms with Crippen LogP contribution in [0.1, 0.15) is 71.6 Å². The predicted octanol–water partition coefficient (Wildman–Crippen LogP) is 5.90. The third-order valence-electron chi connectivity index (χ3n) is 4.95. The summed E-state index contributed by atoms with van der Waals surface area (Å²) in [4.78, 5) is 0. The normalized spacial score (nSPS) is 35.2. The first-order chi connectivity index (χ1) is 8.79. The summed E-state index contributed by atoms with van der Waals surface area (Å²) >= 11 is 0. The van der Waals surface area contributed by atoms with Gasteiger partial charge in [0.05, 0.1) is 0 Å². The molecule has 0 amide bonds. The van der Waals surface area contributed by atoms with Crippen LogP contribution < -0.4 is 0 Å². The highest BCUT2D eigenvalue weighted by molar-refractivity contribution is 5.20. The summed E-state index contributed by atoms with van der Waals surface area (Å²) in [6.07, 6.45) is 19.9. The van der Waals surface area contributed by atoms with E-state index in [1.54, 1.807) is 5.57 Å². The van der Waals surface area contributed by atoms with Crippen molar-refractivity contribution in [1.29, 1.82) is 0 Å². The van der Waals surface area contributed by atoms with E-state index in [4.69, 9.17) is 0 Å². The van der Waals surface area contributed by atoms with E-state index < -0.39 is 0 Å². The number of fused-ring (bicyclic) bond motifs is 1. The van der Waals surface area contributed by atoms with Crippen LogP contribution in [0.15, 0.2) is 23.8 Å². The SMILES string of the molecule is CC(C)C1CC/C2=C/C=C\CCCCCCCC21. The van der Waals surface area contributed by atoms with E-state index in [1.807, 2.05) is 0 Å². The van der Waals surface area contributed by atoms with Crippen molar-refractivity contribution in [1.82, 2.24) is 0 Å². The monoisotopic (exact) mass is 246 g/mol. The summed E-state index contributed by atoms with van der Waals surface area (Å²) in [5.74, 6) is 2.71. The van der Waals surface area contributed by atoms with Crippen LogP contribution in [0.4, 0.5) is 0 Å². The Morgan fingerprint density at radius 1 is 1.00 bits per heavy atom. The molecule has 1 saturated carbocycles. The number of rotatable bonds is 1. The van der Waals surface area contributed by atoms with Crippen LogP contribution in [0.2, 0.25) is 0 Å². The zero-order valence-electron chi connectivity index (χ0n) is 12.3. The Hall–Kier alpha value is -0.520. The van der Waals surface area contributed by atoms with E-state index >= 15 is 0 Å². The lowest BCUT2D eigenvalue weighted by Crippen LogP contribution is -2.15. The lowest BCUT2D eigenvalue weighted by molar-refractivity contribution is 0.296. The van der Waals surface area contributed by atoms with Gasteiger partial charge in [0.25, 0.3) is 0 Å². The zero-order chi connectivity index (χ0) is 12.8. The van der Waals surface area contributed by atoms with Crippen LogP contribution in [-0.2, 0) is 0 Å². The lowest BCUT2D eigenvalue weighted by Gasteiger charge is -2.24. The molecule has 0 nitrogen and oxygen atoms in total. The quantitative estimate of drug-likeness (QED) is 0.540. The van der Waals surface area contributed by atoms with Gasteiger partial charge in [-0.15, -0.1) is 0 Å². The molecule has 18 heavy (non-hydrogen) atoms. The predicted molar refractivity (Wildman–Crippen MR) is 80.6 cm³/mol. The molecule has 0 heteroatoms. The highest BCUT2D eigenvalue weighted by Crippen LogP contribution is 2.43. The first-order valence-corrected chi connectivity index (χ1v) is 8.14. The highest BCUT2D eigenvalue weighted by atomic mass is 14.4. The molecule has 0 heterocycles. The van der Waals surface area contributed by atoms with Crippen LogP contribution in [0.3, 0.4) is 0 Å². The van der Waals surface area contributed by atoms with Gasteiger partial charge in [-0.05, 0) is 49.9 Å². The van der Waals surface area contributed by atoms with Gasteiger partial charge in [0.2, 0.25) is 0 Å². The second-order valence-corrected chi connectivity index (χ2v) is 6.57. The van der Waals surface area contributed by atoms with Gasteiger partial charge < -0.3 is 0 Å². The molecule has 0 radical (unpaired) electrons. The molecule has 0 spiro atoms. The Balaban J connectivity index is 2.06. The van der Waals surface area contributed by atoms with Gasteiger partial charge in [0.15, 0.2) is 0 Å². The molecule has 2 unspecified atom stereocenters. The summed E-state index contributed by atoms with van der Waals surface area (Å²) in [5, 5.41) is 0. The van der Waals surface area contributed by atoms with Crippen molar-refractivity contribution in [3.63, 3.8) is 0 Å². The van der Waals surface area contributed by atoms with Crippen LogP contribution >= 0.6 is 0 Å². The molecule has 1 fully saturated rings. The minimum atomic E-state index is 0.859. The fraction of sp³-hybridized carbons (Fsp3) is 0.778. The van der Waals surface area contributed by atoms with Crippen molar-refractivity contribution in [2.45, 2.75) is 71.6 Å². The molecule has 0 aromatic rings. The molecule has 0 saturated heterocycles. The van der Waals surface area contributed by atoms with Crippen molar-refractivity contribution >= 4 is 0 Å². The van der Waals surface area contributed by atoms with Crippen molar-refractivity contribution in [2.24, 2.45) is 17.8 Å². The first-order valence-electron chi connectivity index (χ1n) is 8.14. The fourth-order valence-electron chi connectivity index (χ4n) is 3.84. The second-order valence-electron chi connectivity index (χ2n) is 6.57. The topological polar surface area (TPSA) is 0 Å². The largest absolute Gasteiger partial charge is 0.0845 e. The third kappa shape index (κ3) is 3.73. The summed E-state index contributed by atoms with van der Waals surface area (Å²) in [6, 6.07) is 0. The summed E-state index contributed by atoms with van der Waals surface area (Å²) in [5.41, 5.74) is 1.76. The summed E-state index contributed by atoms with van der Waals surface area (Å²) < 4.78 is 0. The maximum atomic E-state index is 2.45. The number of hydrogen-bond donors (Lipinski definition) is 0. The molecule has 0 aliphatic heterocycles. The van der Waals surface area contributed by atoms with Gasteiger partial charge in [0, 0.05) is 0 Å². The summed E-state index contributed by atoms with van der Waals surface area (Å²) in [6.45, 7) is 4.83. The average molecular weight is 246 g/mol. The van der Waals surface area contributed by atoms with Crippen molar-refractivity contribution in [3.8, 4) is 0 Å². The molecule has 102 valence electrons. The third-order valence-corrected chi connectivity index (χ3v) is 4.95. The molecular formula is C18H30. The highest BCUT2D eigenvalue weighted by Gasteiger charge is 2.32. The van der Waals surface area contributed by atoms with Gasteiger partial charge in [-0.2, -0.15) is 0 Å². The van der Waals surface area contributed by atoms with Gasteiger partial charge >= 0.3 is 0 Å². The van der Waals surface area contributed by atoms with E-state index in [0.29, 0.717) is 0 Å². The number of allylic oxidation sites excluding steroid dienone is 4. The van der Waals surface area contributed by atoms with Crippen LogP contribution in [0.5, 0.6) is 0 Å². The fourth-order valence-corrected chi connectivity index (χ4v) is 3.84. The molecule has 0 N–H and O–H groups in total. The Morgan fingerprint density at radius 2 is 1.78 bits per heavy atom. The van der Waals surface area contributed by atoms with Crippen LogP contribution in [-0.4, -0.2) is 0 Å². The Labute approximate surface area is 114 Å². The maximum Gasteiger partial charge on any atom is -0.0169 e. The van der Waals surface area contributed by atoms with E-state index in [0.717, 1.165) is 17.8 Å². The average Bonchev–Trinajstić information content (AvgIpc) is 2.72. The molecule has 2 aliphatic carbocycles. The summed E-state index contributed by atoms with van der Waals surface area (Å²) in [7, 11) is 0. The maximum absolute atomic E-state index is 2.45. The molecule has 2 rings (SSSR count). The molecule has 0 bridgehead atoms. The first kappa shape index (κ1) is 13.9. The molecule has 2 aliphatic rings. The molecule has 2 atom stereocenters. The Bertz CT molecular complexity index is 295. The van der Waals surface area contributed by atoms with E-state index in [1.165, 1.54) is 57.8 Å². The van der Waals surface area contributed by atoms with Crippen molar-refractivity contribution in [3.05, 3.63) is 23.8 Å². The molecular weight excluding hydrogens is 216 g/mol. The Morgan fingerprint density at radius 3 is 2.61 bits per heavy atom. The van der Waals surface area contributed by atoms with Crippen LogP contribution in [0.25, 0.3) is 0 Å².